The predicted octanol–water partition coefficient (Wildman–Crippen LogP) is -0.388. The van der Waals surface area contributed by atoms with E-state index in [1.807, 2.05) is 0 Å². The fourth-order valence-electron chi connectivity index (χ4n) is 0.768. The highest BCUT2D eigenvalue weighted by Gasteiger charge is 2.25. The van der Waals surface area contributed by atoms with Crippen molar-refractivity contribution in [3.05, 3.63) is 0 Å². The normalized spacial score (nSPS) is 18.3. The Labute approximate surface area is 68.2 Å². The van der Waals surface area contributed by atoms with Gasteiger partial charge in [0, 0.05) is 0 Å². The zero-order valence-electron chi connectivity index (χ0n) is 5.74. The maximum atomic E-state index is 10.9. The molecule has 1 rings (SSSR count). The van der Waals surface area contributed by atoms with Gasteiger partial charge < -0.3 is 0 Å². The molecule has 0 bridgehead atoms. The number of hydrogen-bond donors (Lipinski definition) is 0. The Balaban J connectivity index is 2.64. The molecule has 1 aliphatic heterocycles. The lowest BCUT2D eigenvalue weighted by Gasteiger charge is -2.21. The van der Waals surface area contributed by atoms with E-state index in [4.69, 9.17) is 5.26 Å². The van der Waals surface area contributed by atoms with E-state index in [0.29, 0.717) is 11.5 Å². The molecule has 0 spiro atoms. The lowest BCUT2D eigenvalue weighted by atomic mass is 10.4. The molecule has 11 heavy (non-hydrogen) atoms. The lowest BCUT2D eigenvalue weighted by Crippen LogP contribution is -2.43. The van der Waals surface area contributed by atoms with Gasteiger partial charge in [0.25, 0.3) is 0 Å². The van der Waals surface area contributed by atoms with Crippen LogP contribution in [-0.4, -0.2) is 34.8 Å². The van der Waals surface area contributed by atoms with Crippen LogP contribution in [0.25, 0.3) is 0 Å². The van der Waals surface area contributed by atoms with Crippen LogP contribution in [0.1, 0.15) is 0 Å². The average molecular weight is 170 g/mol. The van der Waals surface area contributed by atoms with Crippen molar-refractivity contribution in [2.45, 2.75) is 0 Å². The van der Waals surface area contributed by atoms with Crippen LogP contribution in [0.5, 0.6) is 0 Å². The molecule has 0 unspecified atom stereocenters. The lowest BCUT2D eigenvalue weighted by molar-refractivity contribution is -0.141. The van der Waals surface area contributed by atoms with Gasteiger partial charge in [-0.3, -0.25) is 14.5 Å². The Bertz CT molecular complexity index is 217. The number of amides is 2. The third kappa shape index (κ3) is 1.71. The number of rotatable bonds is 1. The van der Waals surface area contributed by atoms with Crippen LogP contribution in [0.3, 0.4) is 0 Å². The minimum absolute atomic E-state index is 0.113. The summed E-state index contributed by atoms with van der Waals surface area (Å²) in [6.07, 6.45) is 0. The number of nitriles is 1. The van der Waals surface area contributed by atoms with Crippen molar-refractivity contribution < 1.29 is 9.59 Å². The highest BCUT2D eigenvalue weighted by molar-refractivity contribution is 8.00. The second-order valence-electron chi connectivity index (χ2n) is 2.02. The number of hydrogen-bond acceptors (Lipinski definition) is 4. The van der Waals surface area contributed by atoms with Crippen LogP contribution in [0.4, 0.5) is 0 Å². The molecule has 4 nitrogen and oxygen atoms in total. The predicted molar refractivity (Wildman–Crippen MR) is 39.7 cm³/mol. The van der Waals surface area contributed by atoms with E-state index in [9.17, 15) is 9.59 Å². The quantitative estimate of drug-likeness (QED) is 0.397. The number of imide groups is 1. The maximum Gasteiger partial charge on any atom is 0.240 e. The molecule has 0 aliphatic carbocycles. The Morgan fingerprint density at radius 3 is 2.45 bits per heavy atom. The summed E-state index contributed by atoms with van der Waals surface area (Å²) in [5.41, 5.74) is 0. The fourth-order valence-corrected chi connectivity index (χ4v) is 1.53. The van der Waals surface area contributed by atoms with Gasteiger partial charge in [0.15, 0.2) is 0 Å². The van der Waals surface area contributed by atoms with Crippen molar-refractivity contribution in [2.75, 3.05) is 18.1 Å². The molecule has 1 fully saturated rings. The molecule has 1 aliphatic rings. The molecule has 0 radical (unpaired) electrons. The summed E-state index contributed by atoms with van der Waals surface area (Å²) in [5, 5.41) is 8.25. The van der Waals surface area contributed by atoms with Gasteiger partial charge in [-0.05, 0) is 0 Å². The molecule has 0 atom stereocenters. The van der Waals surface area contributed by atoms with Crippen LogP contribution in [0.2, 0.25) is 0 Å². The number of nitrogens with zero attached hydrogens (tertiary/aromatic N) is 2. The first kappa shape index (κ1) is 8.08. The van der Waals surface area contributed by atoms with Crippen molar-refractivity contribution in [3.8, 4) is 6.07 Å². The maximum absolute atomic E-state index is 10.9. The minimum Gasteiger partial charge on any atom is -0.273 e. The van der Waals surface area contributed by atoms with Gasteiger partial charge in [-0.1, -0.05) is 0 Å². The van der Waals surface area contributed by atoms with E-state index in [0.717, 1.165) is 4.90 Å². The summed E-state index contributed by atoms with van der Waals surface area (Å²) < 4.78 is 0. The van der Waals surface area contributed by atoms with Crippen molar-refractivity contribution in [1.29, 1.82) is 5.26 Å². The van der Waals surface area contributed by atoms with E-state index in [1.54, 1.807) is 6.07 Å². The summed E-state index contributed by atoms with van der Waals surface area (Å²) in [7, 11) is 0. The Hall–Kier alpha value is -1.02. The minimum atomic E-state index is -0.257. The first-order chi connectivity index (χ1) is 5.25. The zero-order chi connectivity index (χ0) is 8.27. The van der Waals surface area contributed by atoms with Gasteiger partial charge in [0.05, 0.1) is 17.6 Å². The second-order valence-corrected chi connectivity index (χ2v) is 3.01. The molecular weight excluding hydrogens is 164 g/mol. The summed E-state index contributed by atoms with van der Waals surface area (Å²) >= 11 is 1.29. The van der Waals surface area contributed by atoms with Crippen LogP contribution in [-0.2, 0) is 9.59 Å². The molecule has 0 aromatic carbocycles. The van der Waals surface area contributed by atoms with Gasteiger partial charge >= 0.3 is 0 Å². The van der Waals surface area contributed by atoms with Gasteiger partial charge in [-0.2, -0.15) is 5.26 Å². The summed E-state index contributed by atoms with van der Waals surface area (Å²) in [6.45, 7) is -0.113. The standard InChI is InChI=1S/C6H6N2O2S/c7-1-2-8-5(9)3-11-4-6(8)10/h2-4H2. The highest BCUT2D eigenvalue weighted by atomic mass is 32.2. The second kappa shape index (κ2) is 3.39. The van der Waals surface area contributed by atoms with Crippen LogP contribution < -0.4 is 0 Å². The van der Waals surface area contributed by atoms with Crippen LogP contribution in [0, 0.1) is 11.3 Å². The van der Waals surface area contributed by atoms with E-state index in [-0.39, 0.29) is 18.4 Å². The molecule has 2 amide bonds. The fraction of sp³-hybridized carbons (Fsp3) is 0.500. The third-order valence-electron chi connectivity index (χ3n) is 1.28. The largest absolute Gasteiger partial charge is 0.273 e. The Morgan fingerprint density at radius 1 is 1.45 bits per heavy atom. The Morgan fingerprint density at radius 2 is 2.00 bits per heavy atom. The SMILES string of the molecule is N#CCN1C(=O)CSCC1=O. The highest BCUT2D eigenvalue weighted by Crippen LogP contribution is 2.11. The zero-order valence-corrected chi connectivity index (χ0v) is 6.56. The van der Waals surface area contributed by atoms with Gasteiger partial charge in [0.1, 0.15) is 6.54 Å². The van der Waals surface area contributed by atoms with Crippen LogP contribution in [0.15, 0.2) is 0 Å². The number of thioether (sulfide) groups is 1. The Kier molecular flexibility index (Phi) is 2.49. The van der Waals surface area contributed by atoms with Crippen molar-refractivity contribution in [3.63, 3.8) is 0 Å². The van der Waals surface area contributed by atoms with Crippen molar-refractivity contribution in [1.82, 2.24) is 4.90 Å². The molecular formula is C6H6N2O2S. The molecule has 58 valence electrons. The molecule has 1 heterocycles. The number of carbonyl (C=O) groups excluding carboxylic acids is 2. The molecule has 0 saturated carbocycles. The summed E-state index contributed by atoms with van der Waals surface area (Å²) in [5.74, 6) is 0.113. The number of carbonyl (C=O) groups is 2. The van der Waals surface area contributed by atoms with E-state index < -0.39 is 0 Å². The van der Waals surface area contributed by atoms with Crippen molar-refractivity contribution >= 4 is 23.6 Å². The molecule has 5 heteroatoms. The van der Waals surface area contributed by atoms with E-state index >= 15 is 0 Å². The van der Waals surface area contributed by atoms with Crippen molar-refractivity contribution in [2.24, 2.45) is 0 Å². The molecule has 0 N–H and O–H groups in total. The molecule has 0 aromatic rings. The first-order valence-corrected chi connectivity index (χ1v) is 4.19. The van der Waals surface area contributed by atoms with Gasteiger partial charge in [-0.15, -0.1) is 11.8 Å². The van der Waals surface area contributed by atoms with E-state index in [1.165, 1.54) is 11.8 Å². The van der Waals surface area contributed by atoms with E-state index in [2.05, 4.69) is 0 Å². The monoisotopic (exact) mass is 170 g/mol. The molecule has 1 saturated heterocycles. The molecule has 0 aromatic heterocycles. The topological polar surface area (TPSA) is 61.2 Å². The summed E-state index contributed by atoms with van der Waals surface area (Å²) in [4.78, 5) is 22.9. The summed E-state index contributed by atoms with van der Waals surface area (Å²) in [6, 6.07) is 1.77. The van der Waals surface area contributed by atoms with Gasteiger partial charge in [-0.25, -0.2) is 0 Å². The third-order valence-corrected chi connectivity index (χ3v) is 2.18. The average Bonchev–Trinajstić information content (AvgIpc) is 1.97. The smallest absolute Gasteiger partial charge is 0.240 e. The van der Waals surface area contributed by atoms with Crippen LogP contribution >= 0.6 is 11.8 Å². The first-order valence-electron chi connectivity index (χ1n) is 3.03. The van der Waals surface area contributed by atoms with Gasteiger partial charge in [0.2, 0.25) is 11.8 Å².